The van der Waals surface area contributed by atoms with Gasteiger partial charge in [-0.2, -0.15) is 0 Å². The van der Waals surface area contributed by atoms with Gasteiger partial charge in [0.25, 0.3) is 0 Å². The number of rotatable bonds is 24. The zero-order chi connectivity index (χ0) is 35.1. The molecule has 49 heavy (non-hydrogen) atoms. The number of aliphatic hydroxyl groups is 1. The Balaban J connectivity index is 1.24. The lowest BCUT2D eigenvalue weighted by Gasteiger charge is -2.54. The zero-order valence-corrected chi connectivity index (χ0v) is 31.9. The monoisotopic (exact) mass is 684 g/mol. The van der Waals surface area contributed by atoms with Crippen LogP contribution in [0.1, 0.15) is 192 Å². The van der Waals surface area contributed by atoms with Gasteiger partial charge in [-0.15, -0.1) is 0 Å². The number of hydrogen-bond donors (Lipinski definition) is 2. The number of phenolic OH excluding ortho intramolecular Hbond substituents is 1. The van der Waals surface area contributed by atoms with Crippen molar-refractivity contribution < 1.29 is 19.4 Å². The third-order valence-corrected chi connectivity index (χ3v) is 13.2. The van der Waals surface area contributed by atoms with E-state index in [4.69, 9.17) is 0 Å². The molecule has 3 aliphatic rings. The highest BCUT2D eigenvalue weighted by Gasteiger charge is 2.59. The summed E-state index contributed by atoms with van der Waals surface area (Å²) in [6, 6.07) is 5.59. The second-order valence-corrected chi connectivity index (χ2v) is 16.8. The number of nitrogens with zero attached hydrogens (tertiary/aromatic N) is 1. The van der Waals surface area contributed by atoms with Gasteiger partial charge in [0.1, 0.15) is 11.9 Å². The maximum atomic E-state index is 16.1. The third kappa shape index (κ3) is 11.4. The van der Waals surface area contributed by atoms with E-state index in [9.17, 15) is 15.0 Å². The summed E-state index contributed by atoms with van der Waals surface area (Å²) in [5.41, 5.74) is 1.91. The van der Waals surface area contributed by atoms with Crippen LogP contribution in [0.2, 0.25) is 0 Å². The molecule has 3 aliphatic carbocycles. The van der Waals surface area contributed by atoms with Gasteiger partial charge in [0, 0.05) is 25.4 Å². The van der Waals surface area contributed by atoms with E-state index in [-0.39, 0.29) is 23.0 Å². The number of unbranched alkanes of at least 4 members (excludes halogenated alkanes) is 16. The number of halogens is 1. The van der Waals surface area contributed by atoms with E-state index in [1.54, 1.807) is 6.07 Å². The van der Waals surface area contributed by atoms with Crippen LogP contribution in [0.5, 0.6) is 5.75 Å². The standard InChI is InChI=1S/C44H74FNO3/c1-4-6-8-10-12-13-14-15-20-24-41(49)46(29-21-17-11-9-7-5-2)30-22-18-16-19-23-34-31-35-32-36(47)25-26-37(35)43-39(45)33-44(3)38(42(34)43)27-28-40(44)48/h25-26,32,34,38-40,42-43,47-48H,4-24,27-31,33H2,1-3H3/t34?,38?,39?,40?,42?,43?,44-/m0/s1. The Kier molecular flexibility index (Phi) is 17.2. The fraction of sp³-hybridized carbons (Fsp3) is 0.841. The van der Waals surface area contributed by atoms with E-state index in [1.165, 1.54) is 83.5 Å². The second kappa shape index (κ2) is 21.0. The highest BCUT2D eigenvalue weighted by atomic mass is 19.1. The van der Waals surface area contributed by atoms with Crippen molar-refractivity contribution in [2.45, 2.75) is 199 Å². The lowest BCUT2D eigenvalue weighted by atomic mass is 9.51. The number of carbonyl (C=O) groups excluding carboxylic acids is 1. The van der Waals surface area contributed by atoms with Crippen molar-refractivity contribution in [2.24, 2.45) is 23.2 Å². The molecule has 0 saturated heterocycles. The number of carbonyl (C=O) groups is 1. The highest BCUT2D eigenvalue weighted by Crippen LogP contribution is 2.63. The number of hydrogen-bond acceptors (Lipinski definition) is 3. The molecule has 7 atom stereocenters. The van der Waals surface area contributed by atoms with Crippen molar-refractivity contribution in [3.05, 3.63) is 29.3 Å². The summed E-state index contributed by atoms with van der Waals surface area (Å²) in [6.07, 6.45) is 27.1. The van der Waals surface area contributed by atoms with Gasteiger partial charge in [0.05, 0.1) is 6.10 Å². The van der Waals surface area contributed by atoms with E-state index in [2.05, 4.69) is 25.7 Å². The molecule has 1 amide bonds. The van der Waals surface area contributed by atoms with Gasteiger partial charge in [0.2, 0.25) is 5.91 Å². The normalized spacial score (nSPS) is 27.4. The van der Waals surface area contributed by atoms with Crippen molar-refractivity contribution >= 4 is 5.91 Å². The van der Waals surface area contributed by atoms with E-state index in [0.29, 0.717) is 30.6 Å². The Morgan fingerprint density at radius 1 is 0.816 bits per heavy atom. The van der Waals surface area contributed by atoms with Gasteiger partial charge < -0.3 is 15.1 Å². The zero-order valence-electron chi connectivity index (χ0n) is 31.9. The van der Waals surface area contributed by atoms with Crippen molar-refractivity contribution in [1.82, 2.24) is 4.90 Å². The Morgan fingerprint density at radius 2 is 1.39 bits per heavy atom. The third-order valence-electron chi connectivity index (χ3n) is 13.2. The Labute approximate surface area is 300 Å². The van der Waals surface area contributed by atoms with Gasteiger partial charge in [-0.1, -0.05) is 130 Å². The first-order valence-corrected chi connectivity index (χ1v) is 21.2. The molecule has 2 fully saturated rings. The van der Waals surface area contributed by atoms with E-state index < -0.39 is 12.3 Å². The summed E-state index contributed by atoms with van der Waals surface area (Å²) in [5.74, 6) is 1.53. The van der Waals surface area contributed by atoms with Gasteiger partial charge in [-0.3, -0.25) is 4.79 Å². The topological polar surface area (TPSA) is 60.8 Å². The largest absolute Gasteiger partial charge is 0.508 e. The number of alkyl halides is 1. The fourth-order valence-corrected chi connectivity index (χ4v) is 10.3. The molecule has 280 valence electrons. The number of aliphatic hydroxyl groups excluding tert-OH is 1. The van der Waals surface area contributed by atoms with E-state index >= 15 is 4.39 Å². The number of aromatic hydroxyl groups is 1. The average Bonchev–Trinajstić information content (AvgIpc) is 3.38. The summed E-state index contributed by atoms with van der Waals surface area (Å²) < 4.78 is 16.1. The van der Waals surface area contributed by atoms with Crippen LogP contribution in [-0.2, 0) is 11.2 Å². The first-order chi connectivity index (χ1) is 23.8. The van der Waals surface area contributed by atoms with Crippen LogP contribution in [0.3, 0.4) is 0 Å². The minimum absolute atomic E-state index is 0.120. The lowest BCUT2D eigenvalue weighted by molar-refractivity contribution is -0.131. The van der Waals surface area contributed by atoms with E-state index in [0.717, 1.165) is 88.4 Å². The van der Waals surface area contributed by atoms with Crippen molar-refractivity contribution in [2.75, 3.05) is 13.1 Å². The van der Waals surface area contributed by atoms with Crippen LogP contribution in [0.25, 0.3) is 0 Å². The first-order valence-electron chi connectivity index (χ1n) is 21.2. The predicted molar refractivity (Wildman–Crippen MR) is 203 cm³/mol. The van der Waals surface area contributed by atoms with Gasteiger partial charge in [0.15, 0.2) is 0 Å². The Hall–Kier alpha value is -1.62. The first kappa shape index (κ1) is 40.2. The Bertz CT molecular complexity index is 1090. The number of amides is 1. The summed E-state index contributed by atoms with van der Waals surface area (Å²) >= 11 is 0. The molecule has 0 bridgehead atoms. The molecule has 0 spiro atoms. The maximum Gasteiger partial charge on any atom is 0.222 e. The van der Waals surface area contributed by atoms with Crippen LogP contribution in [0, 0.1) is 23.2 Å². The number of phenols is 1. The molecule has 4 nitrogen and oxygen atoms in total. The molecule has 1 aromatic carbocycles. The second-order valence-electron chi connectivity index (χ2n) is 16.8. The molecule has 1 aromatic rings. The minimum atomic E-state index is -0.948. The number of benzene rings is 1. The van der Waals surface area contributed by atoms with Crippen LogP contribution < -0.4 is 0 Å². The lowest BCUT2D eigenvalue weighted by Crippen LogP contribution is -2.51. The SMILES string of the molecule is CCCCCCCCCCCC(=O)N(CCCCCCCC)CCCCCCC1Cc2cc(O)ccc2C2C(F)C[C@]3(C)C(O)CCC3C12. The van der Waals surface area contributed by atoms with Crippen LogP contribution >= 0.6 is 0 Å². The summed E-state index contributed by atoms with van der Waals surface area (Å²) in [6.45, 7) is 8.47. The average molecular weight is 684 g/mol. The van der Waals surface area contributed by atoms with Crippen LogP contribution in [-0.4, -0.2) is 46.4 Å². The molecule has 0 heterocycles. The predicted octanol–water partition coefficient (Wildman–Crippen LogP) is 11.8. The van der Waals surface area contributed by atoms with Gasteiger partial charge >= 0.3 is 0 Å². The smallest absolute Gasteiger partial charge is 0.222 e. The van der Waals surface area contributed by atoms with Gasteiger partial charge in [-0.05, 0) is 97.8 Å². The molecule has 2 saturated carbocycles. The molecule has 2 N–H and O–H groups in total. The van der Waals surface area contributed by atoms with Crippen LogP contribution in [0.4, 0.5) is 4.39 Å². The van der Waals surface area contributed by atoms with Crippen molar-refractivity contribution in [3.8, 4) is 5.75 Å². The fourth-order valence-electron chi connectivity index (χ4n) is 10.3. The number of fused-ring (bicyclic) bond motifs is 5. The quantitative estimate of drug-likeness (QED) is 0.107. The molecule has 4 rings (SSSR count). The molecule has 6 unspecified atom stereocenters. The van der Waals surface area contributed by atoms with Gasteiger partial charge in [-0.25, -0.2) is 4.39 Å². The summed E-state index contributed by atoms with van der Waals surface area (Å²) in [7, 11) is 0. The van der Waals surface area contributed by atoms with Crippen molar-refractivity contribution in [3.63, 3.8) is 0 Å². The molecule has 0 aliphatic heterocycles. The highest BCUT2D eigenvalue weighted by molar-refractivity contribution is 5.76. The van der Waals surface area contributed by atoms with Crippen molar-refractivity contribution in [1.29, 1.82) is 0 Å². The molecule has 5 heteroatoms. The maximum absolute atomic E-state index is 16.1. The summed E-state index contributed by atoms with van der Waals surface area (Å²) in [4.78, 5) is 15.5. The minimum Gasteiger partial charge on any atom is -0.508 e. The molecular weight excluding hydrogens is 609 g/mol. The van der Waals surface area contributed by atoms with E-state index in [1.807, 2.05) is 12.1 Å². The molecular formula is C44H74FNO3. The summed E-state index contributed by atoms with van der Waals surface area (Å²) in [5, 5.41) is 21.2. The molecule has 0 radical (unpaired) electrons. The molecule has 0 aromatic heterocycles. The Morgan fingerprint density at radius 3 is 2.02 bits per heavy atom. The van der Waals surface area contributed by atoms with Crippen LogP contribution in [0.15, 0.2) is 18.2 Å².